The number of benzene rings is 1. The quantitative estimate of drug-likeness (QED) is 0.790. The van der Waals surface area contributed by atoms with Crippen LogP contribution >= 0.6 is 0 Å². The van der Waals surface area contributed by atoms with Crippen molar-refractivity contribution in [2.24, 2.45) is 5.41 Å². The summed E-state index contributed by atoms with van der Waals surface area (Å²) in [7, 11) is -3.31. The lowest BCUT2D eigenvalue weighted by Crippen LogP contribution is -2.46. The van der Waals surface area contributed by atoms with Crippen molar-refractivity contribution in [2.45, 2.75) is 24.7 Å². The summed E-state index contributed by atoms with van der Waals surface area (Å²) in [5, 5.41) is 12.1. The summed E-state index contributed by atoms with van der Waals surface area (Å²) in [6.07, 6.45) is 0.687. The Morgan fingerprint density at radius 1 is 1.21 bits per heavy atom. The maximum Gasteiger partial charge on any atom is 0.311 e. The zero-order valence-corrected chi connectivity index (χ0v) is 14.3. The lowest BCUT2D eigenvalue weighted by Gasteiger charge is -2.33. The first kappa shape index (κ1) is 18.4. The fraction of sp³-hybridized carbons (Fsp3) is 0.500. The average molecular weight is 355 g/mol. The number of carboxylic acids is 1. The normalized spacial score (nSPS) is 17.2. The van der Waals surface area contributed by atoms with Gasteiger partial charge in [0.15, 0.2) is 9.84 Å². The Labute approximate surface area is 140 Å². The van der Waals surface area contributed by atoms with Gasteiger partial charge in [0, 0.05) is 25.3 Å². The Kier molecular flexibility index (Phi) is 5.61. The first-order valence-electron chi connectivity index (χ1n) is 7.73. The van der Waals surface area contributed by atoms with E-state index in [1.54, 1.807) is 6.92 Å². The topological polar surface area (TPSA) is 110 Å². The molecule has 0 aliphatic carbocycles. The van der Waals surface area contributed by atoms with Crippen LogP contribution in [0.5, 0.6) is 0 Å². The van der Waals surface area contributed by atoms with Crippen LogP contribution in [-0.2, 0) is 19.4 Å². The number of nitrogens with one attached hydrogen (secondary N) is 1. The van der Waals surface area contributed by atoms with Gasteiger partial charge in [0.2, 0.25) is 0 Å². The van der Waals surface area contributed by atoms with Crippen LogP contribution < -0.4 is 5.32 Å². The zero-order chi connectivity index (χ0) is 17.8. The van der Waals surface area contributed by atoms with Gasteiger partial charge in [-0.3, -0.25) is 9.59 Å². The summed E-state index contributed by atoms with van der Waals surface area (Å²) >= 11 is 0. The monoisotopic (exact) mass is 355 g/mol. The zero-order valence-electron chi connectivity index (χ0n) is 13.4. The Morgan fingerprint density at radius 3 is 2.29 bits per heavy atom. The molecule has 0 bridgehead atoms. The predicted molar refractivity (Wildman–Crippen MR) is 86.6 cm³/mol. The lowest BCUT2D eigenvalue weighted by molar-refractivity contribution is -0.154. The van der Waals surface area contributed by atoms with Crippen molar-refractivity contribution in [2.75, 3.05) is 25.5 Å². The summed E-state index contributed by atoms with van der Waals surface area (Å²) in [5.74, 6) is -1.39. The van der Waals surface area contributed by atoms with Crippen LogP contribution in [0.3, 0.4) is 0 Å². The second-order valence-electron chi connectivity index (χ2n) is 5.81. The number of hydrogen-bond donors (Lipinski definition) is 2. The second-order valence-corrected chi connectivity index (χ2v) is 8.09. The summed E-state index contributed by atoms with van der Waals surface area (Å²) in [6, 6.07) is 5.62. The summed E-state index contributed by atoms with van der Waals surface area (Å²) in [4.78, 5) is 23.9. The van der Waals surface area contributed by atoms with Crippen LogP contribution in [0.15, 0.2) is 29.2 Å². The van der Waals surface area contributed by atoms with E-state index in [1.165, 1.54) is 24.3 Å². The van der Waals surface area contributed by atoms with Crippen LogP contribution in [0.4, 0.5) is 0 Å². The van der Waals surface area contributed by atoms with Crippen molar-refractivity contribution >= 4 is 21.7 Å². The van der Waals surface area contributed by atoms with Gasteiger partial charge < -0.3 is 15.2 Å². The molecule has 0 radical (unpaired) electrons. The van der Waals surface area contributed by atoms with Crippen molar-refractivity contribution in [1.82, 2.24) is 5.32 Å². The molecule has 1 fully saturated rings. The molecule has 1 heterocycles. The Morgan fingerprint density at radius 2 is 1.79 bits per heavy atom. The molecule has 7 nitrogen and oxygen atoms in total. The molecule has 1 aliphatic heterocycles. The molecule has 0 spiro atoms. The van der Waals surface area contributed by atoms with Crippen molar-refractivity contribution in [3.8, 4) is 0 Å². The van der Waals surface area contributed by atoms with E-state index in [2.05, 4.69) is 5.32 Å². The Balaban J connectivity index is 2.05. The van der Waals surface area contributed by atoms with Gasteiger partial charge >= 0.3 is 5.97 Å². The number of carbonyl (C=O) groups is 2. The predicted octanol–water partition coefficient (Wildman–Crippen LogP) is 1.09. The van der Waals surface area contributed by atoms with Gasteiger partial charge in [-0.25, -0.2) is 8.42 Å². The van der Waals surface area contributed by atoms with Crippen LogP contribution in [0.1, 0.15) is 30.1 Å². The first-order valence-corrected chi connectivity index (χ1v) is 9.38. The Bertz CT molecular complexity index is 705. The van der Waals surface area contributed by atoms with Gasteiger partial charge in [-0.1, -0.05) is 6.92 Å². The van der Waals surface area contributed by atoms with Gasteiger partial charge in [0.25, 0.3) is 5.91 Å². The van der Waals surface area contributed by atoms with Gasteiger partial charge in [-0.2, -0.15) is 0 Å². The molecule has 1 aromatic carbocycles. The molecule has 1 amide bonds. The molecule has 0 saturated carbocycles. The van der Waals surface area contributed by atoms with E-state index >= 15 is 0 Å². The summed E-state index contributed by atoms with van der Waals surface area (Å²) in [6.45, 7) is 2.27. The highest BCUT2D eigenvalue weighted by atomic mass is 32.2. The third kappa shape index (κ3) is 3.93. The molecule has 24 heavy (non-hydrogen) atoms. The van der Waals surface area contributed by atoms with E-state index in [9.17, 15) is 23.1 Å². The van der Waals surface area contributed by atoms with Crippen LogP contribution in [0.2, 0.25) is 0 Å². The van der Waals surface area contributed by atoms with Crippen LogP contribution in [0, 0.1) is 5.41 Å². The van der Waals surface area contributed by atoms with Crippen molar-refractivity contribution < 1.29 is 27.9 Å². The van der Waals surface area contributed by atoms with Gasteiger partial charge in [-0.15, -0.1) is 0 Å². The number of carbonyl (C=O) groups excluding carboxylic acids is 1. The summed E-state index contributed by atoms with van der Waals surface area (Å²) in [5.41, 5.74) is -0.725. The number of hydrogen-bond acceptors (Lipinski definition) is 5. The first-order chi connectivity index (χ1) is 11.3. The van der Waals surface area contributed by atoms with Crippen LogP contribution in [0.25, 0.3) is 0 Å². The third-order valence-corrected chi connectivity index (χ3v) is 6.10. The van der Waals surface area contributed by atoms with E-state index in [0.29, 0.717) is 26.1 Å². The van der Waals surface area contributed by atoms with E-state index in [1.807, 2.05) is 0 Å². The number of amides is 1. The summed E-state index contributed by atoms with van der Waals surface area (Å²) < 4.78 is 28.7. The highest BCUT2D eigenvalue weighted by Crippen LogP contribution is 2.30. The van der Waals surface area contributed by atoms with E-state index in [0.717, 1.165) is 0 Å². The number of sulfone groups is 1. The minimum absolute atomic E-state index is 0.0122. The third-order valence-electron chi connectivity index (χ3n) is 4.35. The highest BCUT2D eigenvalue weighted by Gasteiger charge is 2.40. The van der Waals surface area contributed by atoms with Crippen molar-refractivity contribution in [1.29, 1.82) is 0 Å². The molecule has 1 aromatic rings. The largest absolute Gasteiger partial charge is 0.481 e. The SMILES string of the molecule is CCS(=O)(=O)c1ccc(C(=O)NCC2(C(=O)O)CCOCC2)cc1. The highest BCUT2D eigenvalue weighted by molar-refractivity contribution is 7.91. The lowest BCUT2D eigenvalue weighted by atomic mass is 9.80. The molecule has 2 N–H and O–H groups in total. The molecular weight excluding hydrogens is 334 g/mol. The molecule has 8 heteroatoms. The fourth-order valence-electron chi connectivity index (χ4n) is 2.56. The van der Waals surface area contributed by atoms with Gasteiger partial charge in [0.1, 0.15) is 0 Å². The van der Waals surface area contributed by atoms with E-state index < -0.39 is 27.1 Å². The molecule has 1 saturated heterocycles. The minimum atomic E-state index is -3.31. The standard InChI is InChI=1S/C16H21NO6S/c1-2-24(21,22)13-5-3-12(4-6-13)14(18)17-11-16(15(19)20)7-9-23-10-8-16/h3-6H,2,7-11H2,1H3,(H,17,18)(H,19,20). The molecule has 132 valence electrons. The number of rotatable bonds is 6. The van der Waals surface area contributed by atoms with E-state index in [-0.39, 0.29) is 22.8 Å². The molecule has 0 unspecified atom stereocenters. The average Bonchev–Trinajstić information content (AvgIpc) is 2.60. The molecule has 1 aliphatic rings. The molecular formula is C16H21NO6S. The smallest absolute Gasteiger partial charge is 0.311 e. The van der Waals surface area contributed by atoms with Gasteiger partial charge in [0.05, 0.1) is 16.1 Å². The Hall–Kier alpha value is -1.93. The van der Waals surface area contributed by atoms with Gasteiger partial charge in [-0.05, 0) is 37.1 Å². The maximum atomic E-state index is 12.2. The number of ether oxygens (including phenoxy) is 1. The second kappa shape index (κ2) is 7.31. The number of carboxylic acid groups (broad SMARTS) is 1. The van der Waals surface area contributed by atoms with Crippen molar-refractivity contribution in [3.63, 3.8) is 0 Å². The van der Waals surface area contributed by atoms with E-state index in [4.69, 9.17) is 4.74 Å². The van der Waals surface area contributed by atoms with Crippen LogP contribution in [-0.4, -0.2) is 50.9 Å². The minimum Gasteiger partial charge on any atom is -0.481 e. The molecule has 0 aromatic heterocycles. The molecule has 2 rings (SSSR count). The van der Waals surface area contributed by atoms with Crippen molar-refractivity contribution in [3.05, 3.63) is 29.8 Å². The number of aliphatic carboxylic acids is 1. The maximum absolute atomic E-state index is 12.2. The molecule has 0 atom stereocenters. The fourth-order valence-corrected chi connectivity index (χ4v) is 3.44.